The van der Waals surface area contributed by atoms with Crippen LogP contribution in [0.3, 0.4) is 0 Å². The predicted molar refractivity (Wildman–Crippen MR) is 83.7 cm³/mol. The fraction of sp³-hybridized carbons (Fsp3) is 0.500. The van der Waals surface area contributed by atoms with Crippen LogP contribution in [-0.4, -0.2) is 38.2 Å². The van der Waals surface area contributed by atoms with E-state index in [1.165, 1.54) is 0 Å². The fourth-order valence-electron chi connectivity index (χ4n) is 1.72. The van der Waals surface area contributed by atoms with Gasteiger partial charge >= 0.3 is 0 Å². The van der Waals surface area contributed by atoms with Crippen molar-refractivity contribution in [3.63, 3.8) is 0 Å². The van der Waals surface area contributed by atoms with Gasteiger partial charge < -0.3 is 20.5 Å². The van der Waals surface area contributed by atoms with Crippen LogP contribution in [0.4, 0.5) is 0 Å². The molecule has 1 aromatic rings. The molecule has 0 heterocycles. The molecular weight excluding hydrogens is 284 g/mol. The molecule has 0 aliphatic rings. The molecule has 1 aromatic carbocycles. The third-order valence-electron chi connectivity index (χ3n) is 2.70. The molecule has 122 valence electrons. The summed E-state index contributed by atoms with van der Waals surface area (Å²) in [5.74, 6) is 0.0140. The number of nitrogens with two attached hydrogens (primary N) is 1. The SMILES string of the molecule is CC(C)COCCCNC(=O)c1ccccc1OCC(N)=O. The first-order chi connectivity index (χ1) is 10.5. The minimum absolute atomic E-state index is 0.246. The van der Waals surface area contributed by atoms with Crippen LogP contribution < -0.4 is 15.8 Å². The molecule has 22 heavy (non-hydrogen) atoms. The minimum Gasteiger partial charge on any atom is -0.483 e. The van der Waals surface area contributed by atoms with Gasteiger partial charge in [0.15, 0.2) is 6.61 Å². The lowest BCUT2D eigenvalue weighted by Gasteiger charge is -2.11. The van der Waals surface area contributed by atoms with Crippen molar-refractivity contribution >= 4 is 11.8 Å². The van der Waals surface area contributed by atoms with Gasteiger partial charge in [-0.25, -0.2) is 0 Å². The number of carbonyl (C=O) groups is 2. The van der Waals surface area contributed by atoms with Gasteiger partial charge in [0.25, 0.3) is 11.8 Å². The van der Waals surface area contributed by atoms with E-state index < -0.39 is 5.91 Å². The zero-order valence-electron chi connectivity index (χ0n) is 13.1. The summed E-state index contributed by atoms with van der Waals surface area (Å²) in [5, 5.41) is 2.80. The molecule has 0 unspecified atom stereocenters. The highest BCUT2D eigenvalue weighted by atomic mass is 16.5. The zero-order chi connectivity index (χ0) is 16.4. The van der Waals surface area contributed by atoms with Crippen molar-refractivity contribution in [1.82, 2.24) is 5.32 Å². The lowest BCUT2D eigenvalue weighted by Crippen LogP contribution is -2.27. The zero-order valence-corrected chi connectivity index (χ0v) is 13.1. The second kappa shape index (κ2) is 9.78. The van der Waals surface area contributed by atoms with E-state index in [1.54, 1.807) is 24.3 Å². The Bertz CT molecular complexity index is 489. The van der Waals surface area contributed by atoms with Crippen molar-refractivity contribution in [2.45, 2.75) is 20.3 Å². The minimum atomic E-state index is -0.586. The van der Waals surface area contributed by atoms with Crippen molar-refractivity contribution < 1.29 is 19.1 Å². The van der Waals surface area contributed by atoms with Crippen molar-refractivity contribution in [2.75, 3.05) is 26.4 Å². The van der Waals surface area contributed by atoms with Gasteiger partial charge in [0, 0.05) is 19.8 Å². The molecule has 0 radical (unpaired) electrons. The summed E-state index contributed by atoms with van der Waals surface area (Å²) >= 11 is 0. The van der Waals surface area contributed by atoms with Gasteiger partial charge in [0.05, 0.1) is 5.56 Å². The van der Waals surface area contributed by atoms with E-state index in [4.69, 9.17) is 15.2 Å². The Kier molecular flexibility index (Phi) is 7.99. The number of hydrogen-bond donors (Lipinski definition) is 2. The molecule has 1 rings (SSSR count). The lowest BCUT2D eigenvalue weighted by molar-refractivity contribution is -0.119. The number of amides is 2. The van der Waals surface area contributed by atoms with Crippen LogP contribution in [0.5, 0.6) is 5.75 Å². The first kappa shape index (κ1) is 18.0. The molecule has 0 spiro atoms. The standard InChI is InChI=1S/C16H24N2O4/c1-12(2)10-21-9-5-8-18-16(20)13-6-3-4-7-14(13)22-11-15(17)19/h3-4,6-7,12H,5,8-11H2,1-2H3,(H2,17,19)(H,18,20). The highest BCUT2D eigenvalue weighted by Gasteiger charge is 2.12. The van der Waals surface area contributed by atoms with E-state index in [1.807, 2.05) is 0 Å². The number of carbonyl (C=O) groups excluding carboxylic acids is 2. The fourth-order valence-corrected chi connectivity index (χ4v) is 1.72. The Morgan fingerprint density at radius 3 is 2.68 bits per heavy atom. The smallest absolute Gasteiger partial charge is 0.255 e. The summed E-state index contributed by atoms with van der Waals surface area (Å²) < 4.78 is 10.7. The third kappa shape index (κ3) is 7.08. The van der Waals surface area contributed by atoms with Gasteiger partial charge in [-0.3, -0.25) is 9.59 Å². The first-order valence-corrected chi connectivity index (χ1v) is 7.36. The van der Waals surface area contributed by atoms with Crippen LogP contribution in [0.25, 0.3) is 0 Å². The number of benzene rings is 1. The van der Waals surface area contributed by atoms with Crippen molar-refractivity contribution in [2.24, 2.45) is 11.7 Å². The maximum Gasteiger partial charge on any atom is 0.255 e. The van der Waals surface area contributed by atoms with E-state index >= 15 is 0 Å². The van der Waals surface area contributed by atoms with E-state index in [0.717, 1.165) is 13.0 Å². The largest absolute Gasteiger partial charge is 0.483 e. The highest BCUT2D eigenvalue weighted by Crippen LogP contribution is 2.17. The Balaban J connectivity index is 2.40. The summed E-state index contributed by atoms with van der Waals surface area (Å²) in [6.07, 6.45) is 0.739. The Labute approximate surface area is 131 Å². The van der Waals surface area contributed by atoms with Crippen LogP contribution in [0.15, 0.2) is 24.3 Å². The average molecular weight is 308 g/mol. The molecule has 0 bridgehead atoms. The van der Waals surface area contributed by atoms with Gasteiger partial charge in [0.2, 0.25) is 0 Å². The highest BCUT2D eigenvalue weighted by molar-refractivity contribution is 5.97. The van der Waals surface area contributed by atoms with Crippen molar-refractivity contribution in [1.29, 1.82) is 0 Å². The molecule has 3 N–H and O–H groups in total. The maximum atomic E-state index is 12.1. The summed E-state index contributed by atoms with van der Waals surface area (Å²) in [6, 6.07) is 6.73. The quantitative estimate of drug-likeness (QED) is 0.638. The molecule has 0 atom stereocenters. The van der Waals surface area contributed by atoms with Crippen LogP contribution in [-0.2, 0) is 9.53 Å². The van der Waals surface area contributed by atoms with Crippen molar-refractivity contribution in [3.05, 3.63) is 29.8 Å². The van der Waals surface area contributed by atoms with Crippen LogP contribution in [0.2, 0.25) is 0 Å². The first-order valence-electron chi connectivity index (χ1n) is 7.36. The molecule has 0 aromatic heterocycles. The van der Waals surface area contributed by atoms with Gasteiger partial charge in [-0.2, -0.15) is 0 Å². The molecule has 0 aliphatic heterocycles. The number of nitrogens with one attached hydrogen (secondary N) is 1. The van der Waals surface area contributed by atoms with Gasteiger partial charge in [-0.05, 0) is 24.5 Å². The summed E-state index contributed by atoms with van der Waals surface area (Å²) in [5.41, 5.74) is 5.42. The molecule has 2 amide bonds. The third-order valence-corrected chi connectivity index (χ3v) is 2.70. The summed E-state index contributed by atoms with van der Waals surface area (Å²) in [4.78, 5) is 22.9. The van der Waals surface area contributed by atoms with Gasteiger partial charge in [-0.15, -0.1) is 0 Å². The normalized spacial score (nSPS) is 10.5. The number of para-hydroxylation sites is 1. The molecule has 0 saturated heterocycles. The van der Waals surface area contributed by atoms with Crippen molar-refractivity contribution in [3.8, 4) is 5.75 Å². The Morgan fingerprint density at radius 1 is 1.27 bits per heavy atom. The number of ether oxygens (including phenoxy) is 2. The number of primary amides is 1. The van der Waals surface area contributed by atoms with Gasteiger partial charge in [-0.1, -0.05) is 26.0 Å². The van der Waals surface area contributed by atoms with Crippen LogP contribution >= 0.6 is 0 Å². The lowest BCUT2D eigenvalue weighted by atomic mass is 10.2. The van der Waals surface area contributed by atoms with Crippen LogP contribution in [0.1, 0.15) is 30.6 Å². The maximum absolute atomic E-state index is 12.1. The molecule has 0 saturated carbocycles. The summed E-state index contributed by atoms with van der Waals surface area (Å²) in [7, 11) is 0. The van der Waals surface area contributed by atoms with Crippen LogP contribution in [0, 0.1) is 5.92 Å². The molecular formula is C16H24N2O4. The number of hydrogen-bond acceptors (Lipinski definition) is 4. The monoisotopic (exact) mass is 308 g/mol. The van der Waals surface area contributed by atoms with E-state index in [-0.39, 0.29) is 12.5 Å². The van der Waals surface area contributed by atoms with E-state index in [9.17, 15) is 9.59 Å². The average Bonchev–Trinajstić information content (AvgIpc) is 2.48. The number of rotatable bonds is 10. The predicted octanol–water partition coefficient (Wildman–Crippen LogP) is 1.34. The Morgan fingerprint density at radius 2 is 2.00 bits per heavy atom. The second-order valence-electron chi connectivity index (χ2n) is 5.33. The molecule has 6 heteroatoms. The topological polar surface area (TPSA) is 90.7 Å². The molecule has 0 fully saturated rings. The van der Waals surface area contributed by atoms with E-state index in [0.29, 0.717) is 30.4 Å². The molecule has 0 aliphatic carbocycles. The second-order valence-corrected chi connectivity index (χ2v) is 5.33. The Hall–Kier alpha value is -2.08. The van der Waals surface area contributed by atoms with Gasteiger partial charge in [0.1, 0.15) is 5.75 Å². The van der Waals surface area contributed by atoms with E-state index in [2.05, 4.69) is 19.2 Å². The summed E-state index contributed by atoms with van der Waals surface area (Å²) in [6.45, 7) is 5.76. The molecule has 6 nitrogen and oxygen atoms in total.